The van der Waals surface area contributed by atoms with Crippen molar-refractivity contribution in [2.45, 2.75) is 6.54 Å². The lowest BCUT2D eigenvalue weighted by molar-refractivity contribution is 0.0984. The SMILES string of the molecule is O=C(c1cccc(O)c1O)N1CCNCc2ccccc21. The Labute approximate surface area is 122 Å². The van der Waals surface area contributed by atoms with Crippen LogP contribution in [0.1, 0.15) is 15.9 Å². The van der Waals surface area contributed by atoms with Crippen molar-refractivity contribution in [1.29, 1.82) is 0 Å². The molecule has 3 N–H and O–H groups in total. The molecule has 1 aliphatic heterocycles. The van der Waals surface area contributed by atoms with Gasteiger partial charge in [-0.05, 0) is 23.8 Å². The first kappa shape index (κ1) is 13.5. The fourth-order valence-electron chi connectivity index (χ4n) is 2.52. The highest BCUT2D eigenvalue weighted by molar-refractivity contribution is 6.08. The van der Waals surface area contributed by atoms with Crippen LogP contribution in [0.25, 0.3) is 0 Å². The third-order valence-corrected chi connectivity index (χ3v) is 3.60. The Hall–Kier alpha value is -2.53. The molecule has 0 atom stereocenters. The summed E-state index contributed by atoms with van der Waals surface area (Å²) in [5.74, 6) is -0.987. The van der Waals surface area contributed by atoms with Crippen LogP contribution in [0.5, 0.6) is 11.5 Å². The molecule has 21 heavy (non-hydrogen) atoms. The lowest BCUT2D eigenvalue weighted by Gasteiger charge is -2.23. The minimum atomic E-state index is -0.378. The summed E-state index contributed by atoms with van der Waals surface area (Å²) in [5, 5.41) is 22.7. The van der Waals surface area contributed by atoms with E-state index >= 15 is 0 Å². The van der Waals surface area contributed by atoms with Crippen molar-refractivity contribution < 1.29 is 15.0 Å². The molecule has 0 saturated carbocycles. The molecule has 0 bridgehead atoms. The second kappa shape index (κ2) is 5.46. The van der Waals surface area contributed by atoms with E-state index in [0.717, 1.165) is 11.3 Å². The minimum absolute atomic E-state index is 0.103. The van der Waals surface area contributed by atoms with Crippen LogP contribution in [0.3, 0.4) is 0 Å². The Balaban J connectivity index is 2.03. The normalized spacial score (nSPS) is 14.4. The number of carbonyl (C=O) groups is 1. The number of fused-ring (bicyclic) bond motifs is 1. The van der Waals surface area contributed by atoms with E-state index in [2.05, 4.69) is 5.32 Å². The van der Waals surface area contributed by atoms with Crippen LogP contribution in [-0.4, -0.2) is 29.2 Å². The van der Waals surface area contributed by atoms with Gasteiger partial charge in [0.2, 0.25) is 0 Å². The molecule has 0 aromatic heterocycles. The largest absolute Gasteiger partial charge is 0.504 e. The van der Waals surface area contributed by atoms with Crippen molar-refractivity contribution in [3.63, 3.8) is 0 Å². The smallest absolute Gasteiger partial charge is 0.262 e. The minimum Gasteiger partial charge on any atom is -0.504 e. The number of anilines is 1. The number of amides is 1. The Bertz CT molecular complexity index is 685. The number of hydrogen-bond acceptors (Lipinski definition) is 4. The maximum atomic E-state index is 12.7. The topological polar surface area (TPSA) is 72.8 Å². The standard InChI is InChI=1S/C16H16N2O3/c19-14-7-3-5-12(15(14)20)16(21)18-9-8-17-10-11-4-1-2-6-13(11)18/h1-7,17,19-20H,8-10H2. The van der Waals surface area contributed by atoms with Crippen LogP contribution in [0.2, 0.25) is 0 Å². The fraction of sp³-hybridized carbons (Fsp3) is 0.188. The zero-order chi connectivity index (χ0) is 14.8. The van der Waals surface area contributed by atoms with Crippen LogP contribution in [-0.2, 0) is 6.54 Å². The number of aromatic hydroxyl groups is 2. The number of para-hydroxylation sites is 2. The molecule has 0 fully saturated rings. The number of rotatable bonds is 1. The Kier molecular flexibility index (Phi) is 3.50. The quantitative estimate of drug-likeness (QED) is 0.699. The van der Waals surface area contributed by atoms with E-state index < -0.39 is 0 Å². The van der Waals surface area contributed by atoms with Gasteiger partial charge in [-0.2, -0.15) is 0 Å². The molecule has 1 amide bonds. The van der Waals surface area contributed by atoms with E-state index in [9.17, 15) is 15.0 Å². The highest BCUT2D eigenvalue weighted by Crippen LogP contribution is 2.31. The van der Waals surface area contributed by atoms with E-state index in [1.54, 1.807) is 11.0 Å². The zero-order valence-corrected chi connectivity index (χ0v) is 11.4. The first-order valence-corrected chi connectivity index (χ1v) is 6.80. The lowest BCUT2D eigenvalue weighted by atomic mass is 10.1. The molecule has 0 aliphatic carbocycles. The predicted molar refractivity (Wildman–Crippen MR) is 79.6 cm³/mol. The molecule has 2 aromatic rings. The fourth-order valence-corrected chi connectivity index (χ4v) is 2.52. The van der Waals surface area contributed by atoms with E-state index in [0.29, 0.717) is 19.6 Å². The van der Waals surface area contributed by atoms with Gasteiger partial charge in [-0.3, -0.25) is 4.79 Å². The summed E-state index contributed by atoms with van der Waals surface area (Å²) < 4.78 is 0. The number of nitrogens with one attached hydrogen (secondary N) is 1. The van der Waals surface area contributed by atoms with Gasteiger partial charge < -0.3 is 20.4 Å². The van der Waals surface area contributed by atoms with E-state index in [4.69, 9.17) is 0 Å². The zero-order valence-electron chi connectivity index (χ0n) is 11.4. The van der Waals surface area contributed by atoms with E-state index in [1.165, 1.54) is 12.1 Å². The van der Waals surface area contributed by atoms with Crippen LogP contribution < -0.4 is 10.2 Å². The molecule has 0 saturated heterocycles. The van der Waals surface area contributed by atoms with Crippen molar-refractivity contribution in [3.8, 4) is 11.5 Å². The molecule has 2 aromatic carbocycles. The monoisotopic (exact) mass is 284 g/mol. The van der Waals surface area contributed by atoms with Gasteiger partial charge in [0.1, 0.15) is 0 Å². The molecule has 5 heteroatoms. The van der Waals surface area contributed by atoms with Crippen molar-refractivity contribution >= 4 is 11.6 Å². The van der Waals surface area contributed by atoms with Gasteiger partial charge in [0.25, 0.3) is 5.91 Å². The van der Waals surface area contributed by atoms with Crippen molar-refractivity contribution in [1.82, 2.24) is 5.32 Å². The van der Waals surface area contributed by atoms with Crippen molar-refractivity contribution in [2.24, 2.45) is 0 Å². The molecule has 1 heterocycles. The number of phenols is 2. The average Bonchev–Trinajstić information content (AvgIpc) is 2.72. The molecule has 0 radical (unpaired) electrons. The van der Waals surface area contributed by atoms with Gasteiger partial charge in [0.05, 0.1) is 5.56 Å². The number of nitrogens with zero attached hydrogens (tertiary/aromatic N) is 1. The molecule has 3 rings (SSSR count). The molecule has 0 unspecified atom stereocenters. The maximum Gasteiger partial charge on any atom is 0.262 e. The summed E-state index contributed by atoms with van der Waals surface area (Å²) >= 11 is 0. The Morgan fingerprint density at radius 3 is 2.76 bits per heavy atom. The Morgan fingerprint density at radius 1 is 1.10 bits per heavy atom. The van der Waals surface area contributed by atoms with Gasteiger partial charge in [-0.15, -0.1) is 0 Å². The van der Waals surface area contributed by atoms with Crippen LogP contribution >= 0.6 is 0 Å². The summed E-state index contributed by atoms with van der Waals surface area (Å²) in [6, 6.07) is 12.1. The second-order valence-electron chi connectivity index (χ2n) is 4.94. The molecule has 0 spiro atoms. The van der Waals surface area contributed by atoms with Crippen LogP contribution in [0.15, 0.2) is 42.5 Å². The first-order chi connectivity index (χ1) is 10.2. The number of hydrogen-bond donors (Lipinski definition) is 3. The van der Waals surface area contributed by atoms with Gasteiger partial charge >= 0.3 is 0 Å². The number of benzene rings is 2. The van der Waals surface area contributed by atoms with Gasteiger partial charge in [-0.25, -0.2) is 0 Å². The number of carbonyl (C=O) groups excluding carboxylic acids is 1. The van der Waals surface area contributed by atoms with Crippen molar-refractivity contribution in [2.75, 3.05) is 18.0 Å². The van der Waals surface area contributed by atoms with Gasteiger partial charge in [0, 0.05) is 25.3 Å². The third-order valence-electron chi connectivity index (χ3n) is 3.60. The maximum absolute atomic E-state index is 12.7. The summed E-state index contributed by atoms with van der Waals surface area (Å²) in [4.78, 5) is 14.3. The molecular weight excluding hydrogens is 268 g/mol. The van der Waals surface area contributed by atoms with Crippen LogP contribution in [0.4, 0.5) is 5.69 Å². The average molecular weight is 284 g/mol. The second-order valence-corrected chi connectivity index (χ2v) is 4.94. The molecule has 1 aliphatic rings. The third kappa shape index (κ3) is 2.43. The summed E-state index contributed by atoms with van der Waals surface area (Å²) in [5.41, 5.74) is 1.96. The van der Waals surface area contributed by atoms with Crippen LogP contribution in [0, 0.1) is 0 Å². The highest BCUT2D eigenvalue weighted by atomic mass is 16.3. The molecular formula is C16H16N2O3. The summed E-state index contributed by atoms with van der Waals surface area (Å²) in [6.45, 7) is 1.87. The Morgan fingerprint density at radius 2 is 1.90 bits per heavy atom. The van der Waals surface area contributed by atoms with Gasteiger partial charge in [-0.1, -0.05) is 24.3 Å². The van der Waals surface area contributed by atoms with Crippen molar-refractivity contribution in [3.05, 3.63) is 53.6 Å². The summed E-state index contributed by atoms with van der Waals surface area (Å²) in [6.07, 6.45) is 0. The predicted octanol–water partition coefficient (Wildman–Crippen LogP) is 1.85. The van der Waals surface area contributed by atoms with E-state index in [-0.39, 0.29) is 23.0 Å². The molecule has 5 nitrogen and oxygen atoms in total. The molecule has 108 valence electrons. The van der Waals surface area contributed by atoms with E-state index in [1.807, 2.05) is 24.3 Å². The van der Waals surface area contributed by atoms with Gasteiger partial charge in [0.15, 0.2) is 11.5 Å². The highest BCUT2D eigenvalue weighted by Gasteiger charge is 2.24. The first-order valence-electron chi connectivity index (χ1n) is 6.80. The summed E-state index contributed by atoms with van der Waals surface area (Å²) in [7, 11) is 0. The number of phenolic OH excluding ortho intramolecular Hbond substituents is 2. The lowest BCUT2D eigenvalue weighted by Crippen LogP contribution is -2.34.